The van der Waals surface area contributed by atoms with Crippen LogP contribution in [0.2, 0.25) is 10.0 Å². The van der Waals surface area contributed by atoms with Crippen molar-refractivity contribution in [1.29, 1.82) is 0 Å². The van der Waals surface area contributed by atoms with E-state index in [2.05, 4.69) is 35.7 Å². The van der Waals surface area contributed by atoms with Gasteiger partial charge in [0.25, 0.3) is 0 Å². The Morgan fingerprint density at radius 1 is 0.853 bits per heavy atom. The molecule has 1 aliphatic heterocycles. The molecular weight excluding hydrogens is 467 g/mol. The van der Waals surface area contributed by atoms with Crippen molar-refractivity contribution in [3.8, 4) is 11.5 Å². The number of hydrogen-bond donors (Lipinski definition) is 1. The van der Waals surface area contributed by atoms with Crippen molar-refractivity contribution in [2.45, 2.75) is 19.3 Å². The van der Waals surface area contributed by atoms with Crippen molar-refractivity contribution in [1.82, 2.24) is 0 Å². The van der Waals surface area contributed by atoms with Crippen molar-refractivity contribution < 1.29 is 9.47 Å². The zero-order valence-electron chi connectivity index (χ0n) is 19.0. The van der Waals surface area contributed by atoms with Gasteiger partial charge in [-0.05, 0) is 90.6 Å². The number of nitrogens with zero attached hydrogens (tertiary/aromatic N) is 1. The number of aliphatic imine (C=N–C) groups is 1. The van der Waals surface area contributed by atoms with Gasteiger partial charge in [-0.25, -0.2) is 4.99 Å². The molecule has 0 aromatic heterocycles. The first-order chi connectivity index (χ1) is 16.6. The lowest BCUT2D eigenvalue weighted by Gasteiger charge is -2.23. The minimum absolute atomic E-state index is 0.484. The number of allylic oxidation sites excluding steroid dienone is 2. The fourth-order valence-electron chi connectivity index (χ4n) is 4.37. The molecule has 1 N–H and O–H groups in total. The molecule has 3 aromatic rings. The highest BCUT2D eigenvalue weighted by Gasteiger charge is 2.27. The maximum atomic E-state index is 6.37. The number of ether oxygens (including phenoxy) is 2. The maximum Gasteiger partial charge on any atom is 0.118 e. The van der Waals surface area contributed by atoms with Crippen molar-refractivity contribution in [3.05, 3.63) is 93.0 Å². The van der Waals surface area contributed by atoms with Gasteiger partial charge < -0.3 is 14.8 Å². The van der Waals surface area contributed by atoms with Crippen LogP contribution in [0.1, 0.15) is 30.4 Å². The third-order valence-corrected chi connectivity index (χ3v) is 6.85. The van der Waals surface area contributed by atoms with Crippen LogP contribution in [0.4, 0.5) is 11.4 Å². The van der Waals surface area contributed by atoms with Crippen LogP contribution in [0.15, 0.2) is 76.8 Å². The van der Waals surface area contributed by atoms with E-state index in [1.165, 1.54) is 11.1 Å². The Kier molecular flexibility index (Phi) is 6.36. The molecule has 0 radical (unpaired) electrons. The molecule has 0 saturated heterocycles. The average molecular weight is 491 g/mol. The van der Waals surface area contributed by atoms with Crippen LogP contribution in [0.25, 0.3) is 11.8 Å². The molecule has 0 spiro atoms. The van der Waals surface area contributed by atoms with Gasteiger partial charge in [-0.15, -0.1) is 0 Å². The zero-order valence-corrected chi connectivity index (χ0v) is 20.5. The van der Waals surface area contributed by atoms with Crippen LogP contribution in [0.3, 0.4) is 0 Å². The van der Waals surface area contributed by atoms with Gasteiger partial charge >= 0.3 is 0 Å². The lowest BCUT2D eigenvalue weighted by Crippen LogP contribution is -2.16. The number of benzene rings is 3. The highest BCUT2D eigenvalue weighted by molar-refractivity contribution is 6.42. The third-order valence-electron chi connectivity index (χ3n) is 6.13. The fraction of sp³-hybridized carbons (Fsp3) is 0.179. The molecule has 1 aliphatic carbocycles. The van der Waals surface area contributed by atoms with Gasteiger partial charge in [-0.1, -0.05) is 35.3 Å². The number of rotatable bonds is 4. The van der Waals surface area contributed by atoms with Crippen LogP contribution >= 0.6 is 23.2 Å². The first kappa shape index (κ1) is 22.6. The van der Waals surface area contributed by atoms with Gasteiger partial charge in [0.2, 0.25) is 0 Å². The summed E-state index contributed by atoms with van der Waals surface area (Å²) in [6.07, 6.45) is 5.12. The molecule has 172 valence electrons. The predicted octanol–water partition coefficient (Wildman–Crippen LogP) is 8.19. The highest BCUT2D eigenvalue weighted by atomic mass is 35.5. The van der Waals surface area contributed by atoms with Crippen molar-refractivity contribution in [3.63, 3.8) is 0 Å². The lowest BCUT2D eigenvalue weighted by atomic mass is 9.84. The van der Waals surface area contributed by atoms with Gasteiger partial charge in [-0.3, -0.25) is 0 Å². The Bertz CT molecular complexity index is 1320. The lowest BCUT2D eigenvalue weighted by molar-refractivity contribution is 0.414. The summed E-state index contributed by atoms with van der Waals surface area (Å²) in [6, 6.07) is 19.8. The minimum atomic E-state index is 0.484. The van der Waals surface area contributed by atoms with E-state index < -0.39 is 0 Å². The smallest absolute Gasteiger partial charge is 0.118 e. The number of fused-ring (bicyclic) bond motifs is 2. The van der Waals surface area contributed by atoms with Crippen molar-refractivity contribution >= 4 is 52.1 Å². The van der Waals surface area contributed by atoms with Gasteiger partial charge in [0.05, 0.1) is 47.0 Å². The van der Waals surface area contributed by atoms with Crippen LogP contribution in [0, 0.1) is 0 Å². The summed E-state index contributed by atoms with van der Waals surface area (Å²) in [5, 5.41) is 4.59. The summed E-state index contributed by atoms with van der Waals surface area (Å²) in [5.41, 5.74) is 8.16. The van der Waals surface area contributed by atoms with Crippen molar-refractivity contribution in [2.24, 2.45) is 4.99 Å². The Morgan fingerprint density at radius 2 is 1.50 bits per heavy atom. The average Bonchev–Trinajstić information content (AvgIpc) is 3.02. The van der Waals surface area contributed by atoms with E-state index in [4.69, 9.17) is 37.7 Å². The predicted molar refractivity (Wildman–Crippen MR) is 142 cm³/mol. The van der Waals surface area contributed by atoms with Crippen LogP contribution in [-0.2, 0) is 0 Å². The van der Waals surface area contributed by atoms with Crippen molar-refractivity contribution in [2.75, 3.05) is 19.5 Å². The van der Waals surface area contributed by atoms with Crippen LogP contribution in [-0.4, -0.2) is 19.9 Å². The number of halogens is 2. The summed E-state index contributed by atoms with van der Waals surface area (Å²) < 4.78 is 10.7. The Hall–Kier alpha value is -3.21. The molecule has 0 amide bonds. The Morgan fingerprint density at radius 3 is 2.18 bits per heavy atom. The molecule has 6 heteroatoms. The second-order valence-corrected chi connectivity index (χ2v) is 9.06. The van der Waals surface area contributed by atoms with Gasteiger partial charge in [0.1, 0.15) is 11.5 Å². The maximum absolute atomic E-state index is 6.37. The van der Waals surface area contributed by atoms with E-state index in [0.29, 0.717) is 10.0 Å². The minimum Gasteiger partial charge on any atom is -0.497 e. The first-order valence-corrected chi connectivity index (χ1v) is 11.9. The summed E-state index contributed by atoms with van der Waals surface area (Å²) in [5.74, 6) is 1.65. The molecule has 3 aromatic carbocycles. The Balaban J connectivity index is 1.68. The largest absolute Gasteiger partial charge is 0.497 e. The highest BCUT2D eigenvalue weighted by Crippen LogP contribution is 2.43. The van der Waals surface area contributed by atoms with Gasteiger partial charge in [-0.2, -0.15) is 0 Å². The molecule has 1 saturated carbocycles. The number of hydrogen-bond acceptors (Lipinski definition) is 4. The molecule has 5 rings (SSSR count). The number of anilines is 1. The Labute approximate surface area is 209 Å². The first-order valence-electron chi connectivity index (χ1n) is 11.1. The topological polar surface area (TPSA) is 42.9 Å². The third kappa shape index (κ3) is 4.44. The summed E-state index contributed by atoms with van der Waals surface area (Å²) in [4.78, 5) is 5.12. The number of nitrogens with one attached hydrogen (secondary N) is 1. The normalized spacial score (nSPS) is 16.2. The molecule has 1 fully saturated rings. The fourth-order valence-corrected chi connectivity index (χ4v) is 4.70. The van der Waals surface area contributed by atoms with E-state index in [1.54, 1.807) is 14.2 Å². The van der Waals surface area contributed by atoms with Gasteiger partial charge in [0, 0.05) is 5.57 Å². The molecule has 0 bridgehead atoms. The molecule has 0 unspecified atom stereocenters. The van der Waals surface area contributed by atoms with Crippen LogP contribution < -0.4 is 14.8 Å². The SMILES string of the molecule is COc1ccc(/C=C2\CCCC3=C(c4ccc(OC)cc4)Nc4cc(Cl)c(Cl)cc4N=C32)cc1. The summed E-state index contributed by atoms with van der Waals surface area (Å²) in [7, 11) is 3.35. The quantitative estimate of drug-likeness (QED) is 0.400. The van der Waals surface area contributed by atoms with E-state index >= 15 is 0 Å². The molecule has 34 heavy (non-hydrogen) atoms. The standard InChI is InChI=1S/C28H24Cl2N2O2/c1-33-20-10-6-17(7-11-20)14-19-4-3-5-22-27(18-8-12-21(34-2)13-9-18)31-25-15-23(29)24(30)16-26(25)32-28(19)22/h6-16,31H,3-5H2,1-2H3/b19-14+. The molecule has 1 heterocycles. The number of methoxy groups -OCH3 is 2. The van der Waals surface area contributed by atoms with E-state index in [0.717, 1.165) is 64.7 Å². The zero-order chi connectivity index (χ0) is 23.7. The van der Waals surface area contributed by atoms with Crippen LogP contribution in [0.5, 0.6) is 11.5 Å². The van der Waals surface area contributed by atoms with E-state index in [1.807, 2.05) is 36.4 Å². The second-order valence-electron chi connectivity index (χ2n) is 8.25. The monoisotopic (exact) mass is 490 g/mol. The van der Waals surface area contributed by atoms with Gasteiger partial charge in [0.15, 0.2) is 0 Å². The summed E-state index contributed by atoms with van der Waals surface area (Å²) >= 11 is 12.7. The summed E-state index contributed by atoms with van der Waals surface area (Å²) in [6.45, 7) is 0. The molecule has 2 aliphatic rings. The molecular formula is C28H24Cl2N2O2. The second kappa shape index (κ2) is 9.57. The molecule has 4 nitrogen and oxygen atoms in total. The van der Waals surface area contributed by atoms with E-state index in [-0.39, 0.29) is 0 Å². The van der Waals surface area contributed by atoms with E-state index in [9.17, 15) is 0 Å². The molecule has 0 atom stereocenters.